The fourth-order valence-electron chi connectivity index (χ4n) is 2.07. The van der Waals surface area contributed by atoms with Gasteiger partial charge in [-0.15, -0.1) is 0 Å². The van der Waals surface area contributed by atoms with Gasteiger partial charge in [0.25, 0.3) is 0 Å². The highest BCUT2D eigenvalue weighted by molar-refractivity contribution is 9.10. The summed E-state index contributed by atoms with van der Waals surface area (Å²) in [5.74, 6) is 0. The lowest BCUT2D eigenvalue weighted by molar-refractivity contribution is 0.596. The topological polar surface area (TPSA) is 29.9 Å². The molecule has 102 valence electrons. The van der Waals surface area contributed by atoms with Crippen LogP contribution in [0.1, 0.15) is 37.4 Å². The molecule has 3 nitrogen and oxygen atoms in total. The summed E-state index contributed by atoms with van der Waals surface area (Å²) in [7, 11) is 0. The normalized spacial score (nSPS) is 12.6. The van der Waals surface area contributed by atoms with Gasteiger partial charge in [-0.2, -0.15) is 5.10 Å². The maximum absolute atomic E-state index is 4.37. The Hall–Kier alpha value is -1.13. The van der Waals surface area contributed by atoms with E-state index in [9.17, 15) is 0 Å². The molecule has 1 aromatic carbocycles. The van der Waals surface area contributed by atoms with Gasteiger partial charge in [-0.05, 0) is 37.6 Å². The second-order valence-electron chi connectivity index (χ2n) is 4.57. The Bertz CT molecular complexity index is 504. The molecule has 0 saturated heterocycles. The fraction of sp³-hybridized carbons (Fsp3) is 0.400. The fourth-order valence-corrected chi connectivity index (χ4v) is 2.34. The average molecular weight is 322 g/mol. The number of halogens is 1. The van der Waals surface area contributed by atoms with E-state index in [0.29, 0.717) is 0 Å². The van der Waals surface area contributed by atoms with Gasteiger partial charge in [-0.1, -0.05) is 35.0 Å². The Morgan fingerprint density at radius 1 is 1.21 bits per heavy atom. The first kappa shape index (κ1) is 14.3. The molecule has 1 aromatic heterocycles. The second-order valence-corrected chi connectivity index (χ2v) is 5.48. The van der Waals surface area contributed by atoms with Gasteiger partial charge in [0.15, 0.2) is 0 Å². The van der Waals surface area contributed by atoms with E-state index >= 15 is 0 Å². The minimum absolute atomic E-state index is 0.216. The Labute approximate surface area is 123 Å². The standard InChI is InChI=1S/C15H20BrN3/c1-3-9-17-15(12-5-7-14(16)8-6-12)13-10-18-19(4-2)11-13/h5-8,10-11,15,17H,3-4,9H2,1-2H3. The summed E-state index contributed by atoms with van der Waals surface area (Å²) in [6, 6.07) is 8.69. The van der Waals surface area contributed by atoms with E-state index in [0.717, 1.165) is 24.0 Å². The molecule has 0 radical (unpaired) electrons. The van der Waals surface area contributed by atoms with E-state index in [1.807, 2.05) is 10.9 Å². The van der Waals surface area contributed by atoms with Gasteiger partial charge in [0, 0.05) is 22.8 Å². The van der Waals surface area contributed by atoms with Crippen LogP contribution in [0.2, 0.25) is 0 Å². The van der Waals surface area contributed by atoms with Crippen molar-refractivity contribution in [3.8, 4) is 0 Å². The molecule has 1 heterocycles. The minimum atomic E-state index is 0.216. The van der Waals surface area contributed by atoms with Crippen LogP contribution in [-0.2, 0) is 6.54 Å². The van der Waals surface area contributed by atoms with Gasteiger partial charge in [0.1, 0.15) is 0 Å². The molecule has 4 heteroatoms. The molecule has 1 unspecified atom stereocenters. The first-order chi connectivity index (χ1) is 9.24. The Morgan fingerprint density at radius 3 is 2.53 bits per heavy atom. The number of aryl methyl sites for hydroxylation is 1. The number of nitrogens with one attached hydrogen (secondary N) is 1. The van der Waals surface area contributed by atoms with Gasteiger partial charge in [-0.25, -0.2) is 0 Å². The van der Waals surface area contributed by atoms with Crippen molar-refractivity contribution in [3.63, 3.8) is 0 Å². The summed E-state index contributed by atoms with van der Waals surface area (Å²) in [5.41, 5.74) is 2.49. The van der Waals surface area contributed by atoms with E-state index in [1.54, 1.807) is 0 Å². The molecule has 19 heavy (non-hydrogen) atoms. The Morgan fingerprint density at radius 2 is 1.95 bits per heavy atom. The molecule has 0 aliphatic rings. The predicted molar refractivity (Wildman–Crippen MR) is 82.2 cm³/mol. The summed E-state index contributed by atoms with van der Waals surface area (Å²) in [6.45, 7) is 6.19. The highest BCUT2D eigenvalue weighted by Gasteiger charge is 2.14. The predicted octanol–water partition coefficient (Wildman–Crippen LogP) is 3.75. The SMILES string of the molecule is CCCNC(c1ccc(Br)cc1)c1cnn(CC)c1. The minimum Gasteiger partial charge on any atom is -0.306 e. The molecule has 2 rings (SSSR count). The van der Waals surface area contributed by atoms with Crippen molar-refractivity contribution >= 4 is 15.9 Å². The number of nitrogens with zero attached hydrogens (tertiary/aromatic N) is 2. The Kier molecular flexibility index (Phi) is 5.16. The molecule has 0 spiro atoms. The molecule has 0 amide bonds. The number of rotatable bonds is 6. The lowest BCUT2D eigenvalue weighted by Crippen LogP contribution is -2.22. The second kappa shape index (κ2) is 6.87. The molecule has 0 aliphatic carbocycles. The smallest absolute Gasteiger partial charge is 0.0607 e. The number of hydrogen-bond donors (Lipinski definition) is 1. The van der Waals surface area contributed by atoms with Crippen LogP contribution in [0, 0.1) is 0 Å². The van der Waals surface area contributed by atoms with Crippen molar-refractivity contribution in [3.05, 3.63) is 52.3 Å². The van der Waals surface area contributed by atoms with Crippen molar-refractivity contribution < 1.29 is 0 Å². The quantitative estimate of drug-likeness (QED) is 0.878. The zero-order valence-electron chi connectivity index (χ0n) is 11.4. The van der Waals surface area contributed by atoms with Gasteiger partial charge in [0.2, 0.25) is 0 Å². The van der Waals surface area contributed by atoms with Crippen LogP contribution in [0.25, 0.3) is 0 Å². The molecule has 0 aliphatic heterocycles. The summed E-state index contributed by atoms with van der Waals surface area (Å²) >= 11 is 3.48. The van der Waals surface area contributed by atoms with Crippen LogP contribution in [-0.4, -0.2) is 16.3 Å². The zero-order chi connectivity index (χ0) is 13.7. The van der Waals surface area contributed by atoms with Crippen LogP contribution in [0.15, 0.2) is 41.1 Å². The maximum atomic E-state index is 4.37. The lowest BCUT2D eigenvalue weighted by atomic mass is 10.0. The summed E-state index contributed by atoms with van der Waals surface area (Å²) < 4.78 is 3.07. The molecule has 0 saturated carbocycles. The van der Waals surface area contributed by atoms with Crippen molar-refractivity contribution in [2.75, 3.05) is 6.54 Å². The highest BCUT2D eigenvalue weighted by Crippen LogP contribution is 2.23. The van der Waals surface area contributed by atoms with Crippen molar-refractivity contribution in [1.29, 1.82) is 0 Å². The highest BCUT2D eigenvalue weighted by atomic mass is 79.9. The van der Waals surface area contributed by atoms with Crippen molar-refractivity contribution in [2.24, 2.45) is 0 Å². The number of aromatic nitrogens is 2. The van der Waals surface area contributed by atoms with Crippen molar-refractivity contribution in [1.82, 2.24) is 15.1 Å². The van der Waals surface area contributed by atoms with E-state index < -0.39 is 0 Å². The summed E-state index contributed by atoms with van der Waals surface area (Å²) in [4.78, 5) is 0. The molecule has 2 aromatic rings. The zero-order valence-corrected chi connectivity index (χ0v) is 13.0. The lowest BCUT2D eigenvalue weighted by Gasteiger charge is -2.17. The van der Waals surface area contributed by atoms with Gasteiger partial charge in [0.05, 0.1) is 12.2 Å². The largest absolute Gasteiger partial charge is 0.306 e. The van der Waals surface area contributed by atoms with Crippen molar-refractivity contribution in [2.45, 2.75) is 32.9 Å². The van der Waals surface area contributed by atoms with E-state index in [4.69, 9.17) is 0 Å². The summed E-state index contributed by atoms with van der Waals surface area (Å²) in [5, 5.41) is 7.96. The molecule has 0 fully saturated rings. The van der Waals surface area contributed by atoms with Gasteiger partial charge < -0.3 is 5.32 Å². The van der Waals surface area contributed by atoms with Gasteiger partial charge in [-0.3, -0.25) is 4.68 Å². The third-order valence-electron chi connectivity index (χ3n) is 3.11. The van der Waals surface area contributed by atoms with Crippen LogP contribution in [0.3, 0.4) is 0 Å². The first-order valence-corrected chi connectivity index (χ1v) is 7.55. The Balaban J connectivity index is 2.26. The molecule has 1 atom stereocenters. The van der Waals surface area contributed by atoms with Crippen LogP contribution < -0.4 is 5.32 Å². The van der Waals surface area contributed by atoms with E-state index in [1.165, 1.54) is 11.1 Å². The van der Waals surface area contributed by atoms with E-state index in [2.05, 4.69) is 70.7 Å². The summed E-state index contributed by atoms with van der Waals surface area (Å²) in [6.07, 6.45) is 5.20. The molecule has 1 N–H and O–H groups in total. The van der Waals surface area contributed by atoms with Crippen LogP contribution in [0.5, 0.6) is 0 Å². The average Bonchev–Trinajstić information content (AvgIpc) is 2.90. The van der Waals surface area contributed by atoms with Crippen LogP contribution >= 0.6 is 15.9 Å². The molecule has 0 bridgehead atoms. The monoisotopic (exact) mass is 321 g/mol. The van der Waals surface area contributed by atoms with Gasteiger partial charge >= 0.3 is 0 Å². The number of benzene rings is 1. The third kappa shape index (κ3) is 3.67. The maximum Gasteiger partial charge on any atom is 0.0607 e. The van der Waals surface area contributed by atoms with E-state index in [-0.39, 0.29) is 6.04 Å². The third-order valence-corrected chi connectivity index (χ3v) is 3.64. The molecular formula is C15H20BrN3. The first-order valence-electron chi connectivity index (χ1n) is 6.75. The van der Waals surface area contributed by atoms with Crippen LogP contribution in [0.4, 0.5) is 0 Å². The number of hydrogen-bond acceptors (Lipinski definition) is 2. The molecular weight excluding hydrogens is 302 g/mol.